The zero-order chi connectivity index (χ0) is 19.8. The van der Waals surface area contributed by atoms with Crippen LogP contribution in [0, 0.1) is 0 Å². The fourth-order valence-corrected chi connectivity index (χ4v) is 4.20. The fourth-order valence-electron chi connectivity index (χ4n) is 4.20. The molecule has 3 aromatic rings. The van der Waals surface area contributed by atoms with E-state index >= 15 is 0 Å². The van der Waals surface area contributed by atoms with Crippen LogP contribution in [0.5, 0.6) is 0 Å². The van der Waals surface area contributed by atoms with Crippen LogP contribution in [0.3, 0.4) is 0 Å². The fraction of sp³-hybridized carbons (Fsp3) is 0.450. The van der Waals surface area contributed by atoms with Crippen molar-refractivity contribution < 1.29 is 9.53 Å². The van der Waals surface area contributed by atoms with Crippen LogP contribution in [-0.2, 0) is 11.3 Å². The first-order valence-corrected chi connectivity index (χ1v) is 9.98. The van der Waals surface area contributed by atoms with Crippen LogP contribution in [0.1, 0.15) is 53.9 Å². The van der Waals surface area contributed by atoms with E-state index in [0.29, 0.717) is 30.4 Å². The number of amides is 1. The second-order valence-electron chi connectivity index (χ2n) is 7.65. The second-order valence-corrected chi connectivity index (χ2v) is 7.65. The molecule has 0 unspecified atom stereocenters. The summed E-state index contributed by atoms with van der Waals surface area (Å²) in [5.41, 5.74) is 1.84. The zero-order valence-corrected chi connectivity index (χ0v) is 16.3. The van der Waals surface area contributed by atoms with Crippen LogP contribution in [0.15, 0.2) is 30.5 Å². The molecule has 1 fully saturated rings. The minimum atomic E-state index is -0.0894. The molecule has 0 radical (unpaired) electrons. The van der Waals surface area contributed by atoms with Gasteiger partial charge in [-0.1, -0.05) is 6.07 Å². The first kappa shape index (κ1) is 18.0. The average Bonchev–Trinajstić information content (AvgIpc) is 3.42. The number of hydrogen-bond donors (Lipinski definition) is 1. The van der Waals surface area contributed by atoms with Crippen molar-refractivity contribution in [3.8, 4) is 11.4 Å². The van der Waals surface area contributed by atoms with Crippen molar-refractivity contribution in [3.05, 3.63) is 47.8 Å². The number of pyridine rings is 1. The van der Waals surface area contributed by atoms with E-state index in [1.165, 1.54) is 0 Å². The third kappa shape index (κ3) is 3.31. The van der Waals surface area contributed by atoms with Crippen molar-refractivity contribution in [1.82, 2.24) is 34.8 Å². The number of fused-ring (bicyclic) bond motifs is 1. The molecule has 5 heterocycles. The maximum atomic E-state index is 13.1. The summed E-state index contributed by atoms with van der Waals surface area (Å²) in [6, 6.07) is 7.49. The third-order valence-corrected chi connectivity index (χ3v) is 5.66. The van der Waals surface area contributed by atoms with E-state index in [1.54, 1.807) is 17.2 Å². The Bertz CT molecular complexity index is 1010. The van der Waals surface area contributed by atoms with Crippen LogP contribution in [0.4, 0.5) is 0 Å². The molecule has 1 atom stereocenters. The average molecular weight is 393 g/mol. The maximum absolute atomic E-state index is 13.1. The minimum Gasteiger partial charge on any atom is -0.381 e. The highest BCUT2D eigenvalue weighted by atomic mass is 16.5. The molecule has 29 heavy (non-hydrogen) atoms. The van der Waals surface area contributed by atoms with Gasteiger partial charge in [0.2, 0.25) is 0 Å². The number of nitrogens with zero attached hydrogens (tertiary/aromatic N) is 6. The van der Waals surface area contributed by atoms with Gasteiger partial charge in [-0.3, -0.25) is 14.9 Å². The standard InChI is InChI=1S/C20H23N7O2/c1-13-11-26(12-18-24-25-19(27(13)18)14-5-8-29-9-6-14)20(28)17-10-16(22-23-17)15-4-2-3-7-21-15/h2-4,7,10,13-14H,5-6,8-9,11-12H2,1H3,(H,22,23)/t13-/m0/s1. The highest BCUT2D eigenvalue weighted by Gasteiger charge is 2.33. The van der Waals surface area contributed by atoms with Crippen molar-refractivity contribution in [1.29, 1.82) is 0 Å². The number of aromatic amines is 1. The van der Waals surface area contributed by atoms with Crippen molar-refractivity contribution in [3.63, 3.8) is 0 Å². The highest BCUT2D eigenvalue weighted by Crippen LogP contribution is 2.31. The SMILES string of the molecule is C[C@H]1CN(C(=O)c2cc(-c3ccccn3)n[nH]2)Cc2nnc(C3CCOCC3)n21. The van der Waals surface area contributed by atoms with Gasteiger partial charge in [0.1, 0.15) is 17.2 Å². The number of aromatic nitrogens is 6. The van der Waals surface area contributed by atoms with Gasteiger partial charge in [0, 0.05) is 31.9 Å². The molecule has 9 heteroatoms. The summed E-state index contributed by atoms with van der Waals surface area (Å²) in [6.07, 6.45) is 3.65. The Labute approximate surface area is 168 Å². The van der Waals surface area contributed by atoms with Gasteiger partial charge in [-0.05, 0) is 38.0 Å². The number of nitrogens with one attached hydrogen (secondary N) is 1. The van der Waals surface area contributed by atoms with E-state index in [-0.39, 0.29) is 11.9 Å². The quantitative estimate of drug-likeness (QED) is 0.732. The number of carbonyl (C=O) groups excluding carboxylic acids is 1. The molecule has 0 bridgehead atoms. The van der Waals surface area contributed by atoms with E-state index in [9.17, 15) is 4.79 Å². The van der Waals surface area contributed by atoms with Gasteiger partial charge in [0.05, 0.1) is 18.3 Å². The van der Waals surface area contributed by atoms with Gasteiger partial charge in [0.15, 0.2) is 5.82 Å². The molecule has 0 aromatic carbocycles. The smallest absolute Gasteiger partial charge is 0.272 e. The molecule has 9 nitrogen and oxygen atoms in total. The van der Waals surface area contributed by atoms with Gasteiger partial charge in [-0.25, -0.2) is 0 Å². The molecular weight excluding hydrogens is 370 g/mol. The number of rotatable bonds is 3. The van der Waals surface area contributed by atoms with Gasteiger partial charge in [-0.15, -0.1) is 10.2 Å². The van der Waals surface area contributed by atoms with Crippen LogP contribution in [-0.4, -0.2) is 60.5 Å². The molecule has 1 amide bonds. The molecule has 1 N–H and O–H groups in total. The molecule has 0 spiro atoms. The summed E-state index contributed by atoms with van der Waals surface area (Å²) in [7, 11) is 0. The molecule has 3 aromatic heterocycles. The van der Waals surface area contributed by atoms with E-state index in [4.69, 9.17) is 4.74 Å². The number of ether oxygens (including phenoxy) is 1. The Morgan fingerprint density at radius 2 is 2.07 bits per heavy atom. The Morgan fingerprint density at radius 1 is 1.21 bits per heavy atom. The van der Waals surface area contributed by atoms with Crippen LogP contribution in [0.25, 0.3) is 11.4 Å². The van der Waals surface area contributed by atoms with E-state index < -0.39 is 0 Å². The largest absolute Gasteiger partial charge is 0.381 e. The molecule has 1 saturated heterocycles. The zero-order valence-electron chi connectivity index (χ0n) is 16.3. The van der Waals surface area contributed by atoms with Gasteiger partial charge >= 0.3 is 0 Å². The summed E-state index contributed by atoms with van der Waals surface area (Å²) < 4.78 is 7.69. The molecular formula is C20H23N7O2. The lowest BCUT2D eigenvalue weighted by atomic mass is 9.99. The first-order valence-electron chi connectivity index (χ1n) is 9.98. The first-order chi connectivity index (χ1) is 14.2. The van der Waals surface area contributed by atoms with Crippen molar-refractivity contribution in [2.75, 3.05) is 19.8 Å². The van der Waals surface area contributed by atoms with E-state index in [2.05, 4.69) is 36.9 Å². The lowest BCUT2D eigenvalue weighted by molar-refractivity contribution is 0.0663. The van der Waals surface area contributed by atoms with Crippen LogP contribution in [0.2, 0.25) is 0 Å². The molecule has 0 aliphatic carbocycles. The van der Waals surface area contributed by atoms with Crippen molar-refractivity contribution in [2.45, 2.75) is 38.3 Å². The summed E-state index contributed by atoms with van der Waals surface area (Å²) in [6.45, 7) is 4.70. The molecule has 2 aliphatic rings. The Kier molecular flexibility index (Phi) is 4.59. The van der Waals surface area contributed by atoms with Crippen molar-refractivity contribution in [2.24, 2.45) is 0 Å². The minimum absolute atomic E-state index is 0.0894. The summed E-state index contributed by atoms with van der Waals surface area (Å²) >= 11 is 0. The lowest BCUT2D eigenvalue weighted by Crippen LogP contribution is -2.41. The number of hydrogen-bond acceptors (Lipinski definition) is 6. The Balaban J connectivity index is 1.36. The van der Waals surface area contributed by atoms with Crippen molar-refractivity contribution >= 4 is 5.91 Å². The molecule has 5 rings (SSSR count). The maximum Gasteiger partial charge on any atom is 0.272 e. The van der Waals surface area contributed by atoms with E-state index in [1.807, 2.05) is 18.2 Å². The second kappa shape index (κ2) is 7.40. The summed E-state index contributed by atoms with van der Waals surface area (Å²) in [4.78, 5) is 19.2. The topological polar surface area (TPSA) is 102 Å². The highest BCUT2D eigenvalue weighted by molar-refractivity contribution is 5.93. The lowest BCUT2D eigenvalue weighted by Gasteiger charge is -2.33. The van der Waals surface area contributed by atoms with Gasteiger partial charge in [0.25, 0.3) is 5.91 Å². The Hall–Kier alpha value is -3.07. The van der Waals surface area contributed by atoms with Crippen LogP contribution < -0.4 is 0 Å². The Morgan fingerprint density at radius 3 is 2.86 bits per heavy atom. The summed E-state index contributed by atoms with van der Waals surface area (Å²) in [5.74, 6) is 2.15. The molecule has 2 aliphatic heterocycles. The van der Waals surface area contributed by atoms with Gasteiger partial charge in [-0.2, -0.15) is 5.10 Å². The normalized spacial score (nSPS) is 19.9. The monoisotopic (exact) mass is 393 g/mol. The summed E-state index contributed by atoms with van der Waals surface area (Å²) in [5, 5.41) is 16.0. The molecule has 0 saturated carbocycles. The third-order valence-electron chi connectivity index (χ3n) is 5.66. The van der Waals surface area contributed by atoms with Gasteiger partial charge < -0.3 is 14.2 Å². The van der Waals surface area contributed by atoms with E-state index in [0.717, 1.165) is 43.4 Å². The predicted octanol–water partition coefficient (Wildman–Crippen LogP) is 2.17. The molecule has 150 valence electrons. The number of H-pyrrole nitrogens is 1. The number of carbonyl (C=O) groups is 1. The predicted molar refractivity (Wildman–Crippen MR) is 104 cm³/mol. The van der Waals surface area contributed by atoms with Crippen LogP contribution >= 0.6 is 0 Å².